The number of anilines is 1. The summed E-state index contributed by atoms with van der Waals surface area (Å²) in [6, 6.07) is 18.8. The third kappa shape index (κ3) is 3.78. The van der Waals surface area contributed by atoms with Crippen LogP contribution < -0.4 is 5.73 Å². The molecule has 2 aromatic rings. The van der Waals surface area contributed by atoms with Crippen LogP contribution in [0.2, 0.25) is 0 Å². The summed E-state index contributed by atoms with van der Waals surface area (Å²) in [6.45, 7) is 0. The number of nitrogen functional groups attached to an aromatic ring is 1. The van der Waals surface area contributed by atoms with Crippen molar-refractivity contribution in [3.8, 4) is 18.2 Å². The average Bonchev–Trinajstić information content (AvgIpc) is 2.60. The molecule has 2 aromatic carbocycles. The SMILES string of the molecule is N#CC(C#N)=C(C#N)c1ccc(N=Nc2ccc(N)cc2)cc1. The van der Waals surface area contributed by atoms with Crippen molar-refractivity contribution in [3.05, 3.63) is 59.7 Å². The first-order chi connectivity index (χ1) is 11.2. The van der Waals surface area contributed by atoms with Gasteiger partial charge in [0, 0.05) is 5.69 Å². The Kier molecular flexibility index (Phi) is 4.81. The van der Waals surface area contributed by atoms with Crippen LogP contribution in [0.4, 0.5) is 17.1 Å². The Morgan fingerprint density at radius 3 is 1.65 bits per heavy atom. The van der Waals surface area contributed by atoms with Crippen LogP contribution in [0.1, 0.15) is 5.56 Å². The van der Waals surface area contributed by atoms with Crippen molar-refractivity contribution in [2.75, 3.05) is 5.73 Å². The fourth-order valence-corrected chi connectivity index (χ4v) is 1.75. The number of azo groups is 1. The minimum absolute atomic E-state index is 0.0389. The molecule has 0 amide bonds. The fraction of sp³-hybridized carbons (Fsp3) is 0. The smallest absolute Gasteiger partial charge is 0.148 e. The molecule has 108 valence electrons. The van der Waals surface area contributed by atoms with E-state index in [-0.39, 0.29) is 11.1 Å². The largest absolute Gasteiger partial charge is 0.399 e. The minimum Gasteiger partial charge on any atom is -0.399 e. The Hall–Kier alpha value is -3.95. The highest BCUT2D eigenvalue weighted by molar-refractivity contribution is 5.84. The monoisotopic (exact) mass is 298 g/mol. The van der Waals surface area contributed by atoms with E-state index in [0.717, 1.165) is 0 Å². The number of hydrogen-bond acceptors (Lipinski definition) is 6. The Balaban J connectivity index is 2.25. The van der Waals surface area contributed by atoms with Crippen LogP contribution in [0.5, 0.6) is 0 Å². The van der Waals surface area contributed by atoms with Gasteiger partial charge in [-0.2, -0.15) is 26.0 Å². The van der Waals surface area contributed by atoms with Crippen LogP contribution in [0.15, 0.2) is 64.3 Å². The van der Waals surface area contributed by atoms with Gasteiger partial charge in [-0.1, -0.05) is 12.1 Å². The number of nitrogens with two attached hydrogens (primary N) is 1. The summed E-state index contributed by atoms with van der Waals surface area (Å²) >= 11 is 0. The van der Waals surface area contributed by atoms with Crippen molar-refractivity contribution in [2.24, 2.45) is 10.2 Å². The Morgan fingerprint density at radius 2 is 1.22 bits per heavy atom. The van der Waals surface area contributed by atoms with Crippen LogP contribution in [0.3, 0.4) is 0 Å². The van der Waals surface area contributed by atoms with Gasteiger partial charge in [0.05, 0.1) is 16.9 Å². The lowest BCUT2D eigenvalue weighted by molar-refractivity contribution is 1.23. The molecule has 0 spiro atoms. The van der Waals surface area contributed by atoms with Crippen LogP contribution in [-0.2, 0) is 0 Å². The second-order valence-electron chi connectivity index (χ2n) is 4.42. The number of allylic oxidation sites excluding steroid dienone is 2. The molecule has 2 N–H and O–H groups in total. The van der Waals surface area contributed by atoms with Gasteiger partial charge in [0.2, 0.25) is 0 Å². The molecule has 0 heterocycles. The molecule has 0 unspecified atom stereocenters. The lowest BCUT2D eigenvalue weighted by atomic mass is 10.0. The summed E-state index contributed by atoms with van der Waals surface area (Å²) in [5.41, 5.74) is 7.79. The quantitative estimate of drug-likeness (QED) is 0.522. The number of nitriles is 3. The third-order valence-electron chi connectivity index (χ3n) is 2.92. The molecule has 6 heteroatoms. The molecule has 0 saturated carbocycles. The van der Waals surface area contributed by atoms with Crippen LogP contribution in [0, 0.1) is 34.0 Å². The summed E-state index contributed by atoms with van der Waals surface area (Å²) in [4.78, 5) is 0. The van der Waals surface area contributed by atoms with Crippen molar-refractivity contribution in [3.63, 3.8) is 0 Å². The zero-order valence-corrected chi connectivity index (χ0v) is 11.9. The molecule has 0 saturated heterocycles. The highest BCUT2D eigenvalue weighted by atomic mass is 15.1. The van der Waals surface area contributed by atoms with Gasteiger partial charge in [-0.25, -0.2) is 0 Å². The summed E-state index contributed by atoms with van der Waals surface area (Å²) in [7, 11) is 0. The van der Waals surface area contributed by atoms with E-state index in [1.165, 1.54) is 0 Å². The van der Waals surface area contributed by atoms with Crippen molar-refractivity contribution in [1.82, 2.24) is 0 Å². The van der Waals surface area contributed by atoms with E-state index in [1.54, 1.807) is 60.7 Å². The van der Waals surface area contributed by atoms with Gasteiger partial charge in [-0.15, -0.1) is 0 Å². The van der Waals surface area contributed by atoms with Gasteiger partial charge in [0.15, 0.2) is 0 Å². The maximum atomic E-state index is 9.09. The van der Waals surface area contributed by atoms with E-state index < -0.39 is 0 Å². The molecule has 0 aliphatic carbocycles. The first-order valence-electron chi connectivity index (χ1n) is 6.50. The second-order valence-corrected chi connectivity index (χ2v) is 4.42. The highest BCUT2D eigenvalue weighted by Gasteiger charge is 2.08. The van der Waals surface area contributed by atoms with Gasteiger partial charge >= 0.3 is 0 Å². The molecule has 0 atom stereocenters. The van der Waals surface area contributed by atoms with E-state index in [1.807, 2.05) is 6.07 Å². The maximum Gasteiger partial charge on any atom is 0.148 e. The van der Waals surface area contributed by atoms with Crippen LogP contribution >= 0.6 is 0 Å². The van der Waals surface area contributed by atoms with E-state index in [0.29, 0.717) is 22.6 Å². The molecular formula is C17H10N6. The van der Waals surface area contributed by atoms with Crippen molar-refractivity contribution in [1.29, 1.82) is 15.8 Å². The molecule has 0 aliphatic heterocycles. The van der Waals surface area contributed by atoms with E-state index in [4.69, 9.17) is 21.5 Å². The van der Waals surface area contributed by atoms with Gasteiger partial charge in [-0.3, -0.25) is 0 Å². The molecule has 23 heavy (non-hydrogen) atoms. The molecule has 2 rings (SSSR count). The van der Waals surface area contributed by atoms with E-state index in [9.17, 15) is 0 Å². The van der Waals surface area contributed by atoms with Crippen molar-refractivity contribution < 1.29 is 0 Å². The van der Waals surface area contributed by atoms with Gasteiger partial charge in [0.1, 0.15) is 23.8 Å². The number of hydrogen-bond donors (Lipinski definition) is 1. The van der Waals surface area contributed by atoms with Crippen LogP contribution in [0.25, 0.3) is 5.57 Å². The van der Waals surface area contributed by atoms with Crippen molar-refractivity contribution >= 4 is 22.6 Å². The molecule has 6 nitrogen and oxygen atoms in total. The predicted molar refractivity (Wildman–Crippen MR) is 85.2 cm³/mol. The molecule has 0 aromatic heterocycles. The third-order valence-corrected chi connectivity index (χ3v) is 2.92. The second kappa shape index (κ2) is 7.17. The number of benzene rings is 2. The summed E-state index contributed by atoms with van der Waals surface area (Å²) in [5.74, 6) is 0. The standard InChI is InChI=1S/C17H10N6/c18-9-13(10-19)17(11-20)12-1-5-15(6-2-12)22-23-16-7-3-14(21)4-8-16/h1-8H,21H2. The maximum absolute atomic E-state index is 9.09. The normalized spacial score (nSPS) is 9.61. The van der Waals surface area contributed by atoms with E-state index >= 15 is 0 Å². The molecular weight excluding hydrogens is 288 g/mol. The lowest BCUT2D eigenvalue weighted by Crippen LogP contribution is -1.86. The Morgan fingerprint density at radius 1 is 0.739 bits per heavy atom. The van der Waals surface area contributed by atoms with Gasteiger partial charge in [-0.05, 0) is 42.0 Å². The fourth-order valence-electron chi connectivity index (χ4n) is 1.75. The molecule has 0 fully saturated rings. The number of rotatable bonds is 3. The van der Waals surface area contributed by atoms with Gasteiger partial charge < -0.3 is 5.73 Å². The topological polar surface area (TPSA) is 122 Å². The number of nitrogens with zero attached hydrogens (tertiary/aromatic N) is 5. The Labute approximate surface area is 133 Å². The van der Waals surface area contributed by atoms with Crippen LogP contribution in [-0.4, -0.2) is 0 Å². The first-order valence-corrected chi connectivity index (χ1v) is 6.50. The zero-order valence-electron chi connectivity index (χ0n) is 11.9. The summed E-state index contributed by atoms with van der Waals surface area (Å²) in [6.07, 6.45) is 0. The molecule has 0 aliphatic rings. The molecule has 0 radical (unpaired) electrons. The first kappa shape index (κ1) is 15.4. The van der Waals surface area contributed by atoms with E-state index in [2.05, 4.69) is 10.2 Å². The lowest BCUT2D eigenvalue weighted by Gasteiger charge is -1.99. The summed E-state index contributed by atoms with van der Waals surface area (Å²) < 4.78 is 0. The predicted octanol–water partition coefficient (Wildman–Crippen LogP) is 4.01. The Bertz CT molecular complexity index is 869. The molecule has 0 bridgehead atoms. The average molecular weight is 298 g/mol. The van der Waals surface area contributed by atoms with Crippen molar-refractivity contribution in [2.45, 2.75) is 0 Å². The highest BCUT2D eigenvalue weighted by Crippen LogP contribution is 2.23. The zero-order chi connectivity index (χ0) is 16.7. The van der Waals surface area contributed by atoms with Gasteiger partial charge in [0.25, 0.3) is 0 Å². The minimum atomic E-state index is -0.219. The summed E-state index contributed by atoms with van der Waals surface area (Å²) in [5, 5.41) is 34.9.